The summed E-state index contributed by atoms with van der Waals surface area (Å²) in [5.74, 6) is 4.28. The van der Waals surface area contributed by atoms with Crippen LogP contribution in [0.5, 0.6) is 0 Å². The van der Waals surface area contributed by atoms with E-state index in [2.05, 4.69) is 5.92 Å². The van der Waals surface area contributed by atoms with E-state index in [9.17, 15) is 0 Å². The molecule has 3 heteroatoms. The minimum Gasteiger partial charge on any atom is -0.463 e. The van der Waals surface area contributed by atoms with Gasteiger partial charge in [0.15, 0.2) is 0 Å². The fourth-order valence-corrected chi connectivity index (χ4v) is 1.09. The van der Waals surface area contributed by atoms with Crippen LogP contribution >= 0.6 is 0 Å². The summed E-state index contributed by atoms with van der Waals surface area (Å²) in [5.41, 5.74) is 5.41. The van der Waals surface area contributed by atoms with Gasteiger partial charge in [0.05, 0.1) is 19.6 Å². The Bertz CT molecular complexity index is 298. The molecule has 13 heavy (non-hydrogen) atoms. The molecule has 1 aromatic rings. The summed E-state index contributed by atoms with van der Waals surface area (Å²) in [5, 5.41) is 0. The van der Waals surface area contributed by atoms with Gasteiger partial charge in [0.1, 0.15) is 11.5 Å². The third kappa shape index (κ3) is 2.94. The summed E-state index contributed by atoms with van der Waals surface area (Å²) >= 11 is 0. The van der Waals surface area contributed by atoms with Crippen molar-refractivity contribution in [3.8, 4) is 12.3 Å². The molecule has 0 aliphatic heterocycles. The van der Waals surface area contributed by atoms with Crippen LogP contribution in [0.4, 0.5) is 0 Å². The van der Waals surface area contributed by atoms with Crippen LogP contribution < -0.4 is 5.73 Å². The van der Waals surface area contributed by atoms with E-state index in [0.717, 1.165) is 18.1 Å². The number of furan rings is 1. The number of rotatable bonds is 4. The second-order valence-corrected chi connectivity index (χ2v) is 2.95. The lowest BCUT2D eigenvalue weighted by atomic mass is 10.4. The van der Waals surface area contributed by atoms with Crippen LogP contribution in [0.25, 0.3) is 0 Å². The fourth-order valence-electron chi connectivity index (χ4n) is 1.09. The molecule has 1 heterocycles. The van der Waals surface area contributed by atoms with Gasteiger partial charge in [0.25, 0.3) is 0 Å². The Morgan fingerprint density at radius 2 is 2.23 bits per heavy atom. The SMILES string of the molecule is C#CCN(C)Cc1ccc(CN)o1. The van der Waals surface area contributed by atoms with Crippen LogP contribution in [0.3, 0.4) is 0 Å². The van der Waals surface area contributed by atoms with Gasteiger partial charge in [0, 0.05) is 0 Å². The average molecular weight is 178 g/mol. The van der Waals surface area contributed by atoms with Crippen molar-refractivity contribution in [1.82, 2.24) is 4.90 Å². The first-order chi connectivity index (χ1) is 6.26. The Labute approximate surface area is 78.5 Å². The van der Waals surface area contributed by atoms with Crippen LogP contribution in [0.15, 0.2) is 16.5 Å². The zero-order chi connectivity index (χ0) is 9.68. The highest BCUT2D eigenvalue weighted by Gasteiger charge is 2.03. The van der Waals surface area contributed by atoms with Gasteiger partial charge in [0.2, 0.25) is 0 Å². The summed E-state index contributed by atoms with van der Waals surface area (Å²) < 4.78 is 5.41. The molecule has 3 nitrogen and oxygen atoms in total. The quantitative estimate of drug-likeness (QED) is 0.693. The highest BCUT2D eigenvalue weighted by atomic mass is 16.3. The van der Waals surface area contributed by atoms with Crippen LogP contribution in [0.1, 0.15) is 11.5 Å². The molecule has 70 valence electrons. The van der Waals surface area contributed by atoms with E-state index in [1.165, 1.54) is 0 Å². The summed E-state index contributed by atoms with van der Waals surface area (Å²) in [4.78, 5) is 2.00. The Morgan fingerprint density at radius 3 is 2.77 bits per heavy atom. The molecule has 0 atom stereocenters. The molecule has 0 aromatic carbocycles. The van der Waals surface area contributed by atoms with E-state index >= 15 is 0 Å². The van der Waals surface area contributed by atoms with Gasteiger partial charge in [-0.1, -0.05) is 5.92 Å². The second-order valence-electron chi connectivity index (χ2n) is 2.95. The first-order valence-electron chi connectivity index (χ1n) is 4.16. The number of nitrogens with two attached hydrogens (primary N) is 1. The Morgan fingerprint density at radius 1 is 1.54 bits per heavy atom. The summed E-state index contributed by atoms with van der Waals surface area (Å²) in [6.07, 6.45) is 5.17. The van der Waals surface area contributed by atoms with E-state index in [4.69, 9.17) is 16.6 Å². The van der Waals surface area contributed by atoms with Crippen molar-refractivity contribution in [2.75, 3.05) is 13.6 Å². The maximum absolute atomic E-state index is 5.41. The van der Waals surface area contributed by atoms with E-state index < -0.39 is 0 Å². The molecule has 1 aromatic heterocycles. The number of hydrogen-bond donors (Lipinski definition) is 1. The van der Waals surface area contributed by atoms with Crippen molar-refractivity contribution < 1.29 is 4.42 Å². The fraction of sp³-hybridized carbons (Fsp3) is 0.400. The van der Waals surface area contributed by atoms with Gasteiger partial charge in [-0.05, 0) is 19.2 Å². The molecular formula is C10H14N2O. The minimum absolute atomic E-state index is 0.443. The van der Waals surface area contributed by atoms with Gasteiger partial charge in [-0.25, -0.2) is 0 Å². The monoisotopic (exact) mass is 178 g/mol. The van der Waals surface area contributed by atoms with Crippen LogP contribution in [-0.4, -0.2) is 18.5 Å². The van der Waals surface area contributed by atoms with Crippen molar-refractivity contribution in [3.05, 3.63) is 23.7 Å². The molecule has 0 spiro atoms. The van der Waals surface area contributed by atoms with Crippen LogP contribution in [-0.2, 0) is 13.1 Å². The number of nitrogens with zero attached hydrogens (tertiary/aromatic N) is 1. The summed E-state index contributed by atoms with van der Waals surface area (Å²) in [7, 11) is 1.95. The molecule has 0 saturated carbocycles. The molecule has 0 aliphatic rings. The first-order valence-corrected chi connectivity index (χ1v) is 4.16. The Kier molecular flexibility index (Phi) is 3.56. The lowest BCUT2D eigenvalue weighted by Gasteiger charge is -2.10. The van der Waals surface area contributed by atoms with Crippen molar-refractivity contribution in [1.29, 1.82) is 0 Å². The van der Waals surface area contributed by atoms with Gasteiger partial charge in [-0.2, -0.15) is 0 Å². The summed E-state index contributed by atoms with van der Waals surface area (Å²) in [6, 6.07) is 3.81. The highest BCUT2D eigenvalue weighted by molar-refractivity contribution is 5.07. The molecule has 0 radical (unpaired) electrons. The summed E-state index contributed by atoms with van der Waals surface area (Å²) in [6.45, 7) is 1.79. The number of hydrogen-bond acceptors (Lipinski definition) is 3. The van der Waals surface area contributed by atoms with E-state index in [0.29, 0.717) is 13.1 Å². The van der Waals surface area contributed by atoms with Crippen LogP contribution in [0, 0.1) is 12.3 Å². The van der Waals surface area contributed by atoms with Crippen LogP contribution in [0.2, 0.25) is 0 Å². The molecule has 1 rings (SSSR count). The van der Waals surface area contributed by atoms with E-state index in [1.807, 2.05) is 24.1 Å². The zero-order valence-corrected chi connectivity index (χ0v) is 7.79. The molecule has 0 fully saturated rings. The van der Waals surface area contributed by atoms with Gasteiger partial charge in [-0.15, -0.1) is 6.42 Å². The predicted octanol–water partition coefficient (Wildman–Crippen LogP) is 0.803. The lowest BCUT2D eigenvalue weighted by Crippen LogP contribution is -2.17. The third-order valence-electron chi connectivity index (χ3n) is 1.71. The molecule has 2 N–H and O–H groups in total. The third-order valence-corrected chi connectivity index (χ3v) is 1.71. The molecule has 0 amide bonds. The standard InChI is InChI=1S/C10H14N2O/c1-3-6-12(2)8-10-5-4-9(7-11)13-10/h1,4-5H,6-8,11H2,2H3. The van der Waals surface area contributed by atoms with Gasteiger partial charge in [-0.3, -0.25) is 4.90 Å². The van der Waals surface area contributed by atoms with Gasteiger partial charge < -0.3 is 10.2 Å². The second kappa shape index (κ2) is 4.70. The Balaban J connectivity index is 2.49. The van der Waals surface area contributed by atoms with Crippen molar-refractivity contribution in [3.63, 3.8) is 0 Å². The maximum Gasteiger partial charge on any atom is 0.118 e. The largest absolute Gasteiger partial charge is 0.463 e. The maximum atomic E-state index is 5.41. The molecule has 0 aliphatic carbocycles. The van der Waals surface area contributed by atoms with E-state index in [1.54, 1.807) is 0 Å². The first kappa shape index (κ1) is 9.85. The topological polar surface area (TPSA) is 42.4 Å². The minimum atomic E-state index is 0.443. The lowest BCUT2D eigenvalue weighted by molar-refractivity contribution is 0.320. The smallest absolute Gasteiger partial charge is 0.118 e. The molecule has 0 saturated heterocycles. The van der Waals surface area contributed by atoms with Crippen molar-refractivity contribution in [2.24, 2.45) is 5.73 Å². The van der Waals surface area contributed by atoms with Crippen molar-refractivity contribution >= 4 is 0 Å². The van der Waals surface area contributed by atoms with Crippen molar-refractivity contribution in [2.45, 2.75) is 13.1 Å². The molecule has 0 bridgehead atoms. The van der Waals surface area contributed by atoms with Gasteiger partial charge >= 0.3 is 0 Å². The molecule has 0 unspecified atom stereocenters. The average Bonchev–Trinajstić information content (AvgIpc) is 2.52. The predicted molar refractivity (Wildman–Crippen MR) is 51.8 cm³/mol. The number of terminal acetylenes is 1. The Hall–Kier alpha value is -1.24. The van der Waals surface area contributed by atoms with E-state index in [-0.39, 0.29) is 0 Å². The normalized spacial score (nSPS) is 10.3. The molecular weight excluding hydrogens is 164 g/mol. The highest BCUT2D eigenvalue weighted by Crippen LogP contribution is 2.08. The zero-order valence-electron chi connectivity index (χ0n) is 7.79.